The fourth-order valence-electron chi connectivity index (χ4n) is 2.23. The zero-order valence-corrected chi connectivity index (χ0v) is 16.6. The molecule has 0 unspecified atom stereocenters. The van der Waals surface area contributed by atoms with Crippen LogP contribution < -0.4 is 19.5 Å². The Balaban J connectivity index is 2.03. The maximum Gasteiger partial charge on any atom is 0.387 e. The first-order valence-corrected chi connectivity index (χ1v) is 10.1. The fourth-order valence-corrected chi connectivity index (χ4v) is 3.35. The molecule has 0 bridgehead atoms. The van der Waals surface area contributed by atoms with Gasteiger partial charge in [-0.25, -0.2) is 13.4 Å². The number of nitrogens with zero attached hydrogens (tertiary/aromatic N) is 1. The number of ether oxygens (including phenoxy) is 2. The number of nitrogens with one attached hydrogen (secondary N) is 2. The molecule has 0 fully saturated rings. The van der Waals surface area contributed by atoms with Gasteiger partial charge in [0.05, 0.1) is 16.3 Å². The van der Waals surface area contributed by atoms with Crippen LogP contribution in [0.1, 0.15) is 19.5 Å². The summed E-state index contributed by atoms with van der Waals surface area (Å²) in [5.41, 5.74) is 0.733. The van der Waals surface area contributed by atoms with Gasteiger partial charge in [0.1, 0.15) is 12.4 Å². The van der Waals surface area contributed by atoms with Crippen molar-refractivity contribution >= 4 is 15.7 Å². The minimum atomic E-state index is -3.91. The van der Waals surface area contributed by atoms with Gasteiger partial charge in [-0.15, -0.1) is 0 Å². The third kappa shape index (κ3) is 6.61. The van der Waals surface area contributed by atoms with E-state index in [0.29, 0.717) is 36.5 Å². The minimum absolute atomic E-state index is 0.0893. The van der Waals surface area contributed by atoms with Gasteiger partial charge in [0.2, 0.25) is 5.88 Å². The topological polar surface area (TPSA) is 89.5 Å². The van der Waals surface area contributed by atoms with Crippen molar-refractivity contribution in [1.29, 1.82) is 0 Å². The SMILES string of the molecule is Cc1nc(OCCNC(C)C)ccc1NS(=O)(=O)c1ccc(OC(F)F)cc1. The van der Waals surface area contributed by atoms with Crippen molar-refractivity contribution in [2.75, 3.05) is 17.9 Å². The molecule has 0 aliphatic carbocycles. The highest BCUT2D eigenvalue weighted by Gasteiger charge is 2.17. The Morgan fingerprint density at radius 2 is 1.79 bits per heavy atom. The molecule has 0 spiro atoms. The van der Waals surface area contributed by atoms with Crippen LogP contribution in [-0.4, -0.2) is 39.2 Å². The molecule has 0 aliphatic heterocycles. The average Bonchev–Trinajstić information content (AvgIpc) is 2.60. The third-order valence-corrected chi connectivity index (χ3v) is 4.95. The van der Waals surface area contributed by atoms with Crippen LogP contribution in [-0.2, 0) is 10.0 Å². The molecular weight excluding hydrogens is 392 g/mol. The van der Waals surface area contributed by atoms with Crippen molar-refractivity contribution in [3.63, 3.8) is 0 Å². The number of anilines is 1. The van der Waals surface area contributed by atoms with Crippen molar-refractivity contribution in [3.8, 4) is 11.6 Å². The summed E-state index contributed by atoms with van der Waals surface area (Å²) in [5.74, 6) is 0.264. The lowest BCUT2D eigenvalue weighted by molar-refractivity contribution is -0.0498. The van der Waals surface area contributed by atoms with E-state index in [1.165, 1.54) is 12.1 Å². The molecule has 0 radical (unpaired) electrons. The quantitative estimate of drug-likeness (QED) is 0.580. The van der Waals surface area contributed by atoms with Gasteiger partial charge >= 0.3 is 6.61 Å². The Bertz CT molecular complexity index is 875. The second-order valence-electron chi connectivity index (χ2n) is 6.20. The minimum Gasteiger partial charge on any atom is -0.476 e. The van der Waals surface area contributed by atoms with Crippen LogP contribution in [0.2, 0.25) is 0 Å². The van der Waals surface area contributed by atoms with E-state index in [1.54, 1.807) is 19.1 Å². The van der Waals surface area contributed by atoms with Gasteiger partial charge in [0, 0.05) is 18.7 Å². The molecule has 0 saturated carbocycles. The number of hydrogen-bond acceptors (Lipinski definition) is 6. The third-order valence-electron chi connectivity index (χ3n) is 3.57. The second-order valence-corrected chi connectivity index (χ2v) is 7.88. The van der Waals surface area contributed by atoms with E-state index in [9.17, 15) is 17.2 Å². The summed E-state index contributed by atoms with van der Waals surface area (Å²) >= 11 is 0. The van der Waals surface area contributed by atoms with Crippen LogP contribution in [0.25, 0.3) is 0 Å². The first-order valence-electron chi connectivity index (χ1n) is 8.59. The van der Waals surface area contributed by atoms with Crippen molar-refractivity contribution in [1.82, 2.24) is 10.3 Å². The van der Waals surface area contributed by atoms with Crippen LogP contribution in [0.15, 0.2) is 41.3 Å². The normalized spacial score (nSPS) is 11.7. The van der Waals surface area contributed by atoms with Crippen LogP contribution in [0.3, 0.4) is 0 Å². The van der Waals surface area contributed by atoms with E-state index >= 15 is 0 Å². The second kappa shape index (κ2) is 9.65. The molecule has 154 valence electrons. The molecule has 0 saturated heterocycles. The number of sulfonamides is 1. The van der Waals surface area contributed by atoms with Gasteiger partial charge in [-0.2, -0.15) is 8.78 Å². The van der Waals surface area contributed by atoms with E-state index in [2.05, 4.69) is 19.8 Å². The van der Waals surface area contributed by atoms with Crippen LogP contribution in [0.4, 0.5) is 14.5 Å². The van der Waals surface area contributed by atoms with Gasteiger partial charge in [-0.3, -0.25) is 4.72 Å². The summed E-state index contributed by atoms with van der Waals surface area (Å²) in [4.78, 5) is 4.14. The first-order chi connectivity index (χ1) is 13.2. The van der Waals surface area contributed by atoms with Crippen molar-refractivity contribution in [2.45, 2.75) is 38.3 Å². The molecular formula is C18H23F2N3O4S. The number of aryl methyl sites for hydroxylation is 1. The predicted molar refractivity (Wildman–Crippen MR) is 101 cm³/mol. The van der Waals surface area contributed by atoms with Crippen molar-refractivity contribution in [2.24, 2.45) is 0 Å². The summed E-state index contributed by atoms with van der Waals surface area (Å²) in [6.45, 7) is 3.83. The van der Waals surface area contributed by atoms with E-state index in [0.717, 1.165) is 12.1 Å². The molecule has 1 heterocycles. The number of alkyl halides is 2. The molecule has 0 amide bonds. The summed E-state index contributed by atoms with van der Waals surface area (Å²) in [7, 11) is -3.91. The summed E-state index contributed by atoms with van der Waals surface area (Å²) in [6, 6.07) is 8.16. The van der Waals surface area contributed by atoms with Crippen LogP contribution in [0.5, 0.6) is 11.6 Å². The van der Waals surface area contributed by atoms with E-state index in [4.69, 9.17) is 4.74 Å². The maximum absolute atomic E-state index is 12.5. The number of pyridine rings is 1. The highest BCUT2D eigenvalue weighted by atomic mass is 32.2. The molecule has 0 atom stereocenters. The highest BCUT2D eigenvalue weighted by molar-refractivity contribution is 7.92. The van der Waals surface area contributed by atoms with Gasteiger partial charge < -0.3 is 14.8 Å². The molecule has 7 nitrogen and oxygen atoms in total. The number of hydrogen-bond donors (Lipinski definition) is 2. The van der Waals surface area contributed by atoms with Crippen molar-refractivity contribution < 1.29 is 26.7 Å². The van der Waals surface area contributed by atoms with Crippen molar-refractivity contribution in [3.05, 3.63) is 42.1 Å². The van der Waals surface area contributed by atoms with Gasteiger partial charge in [0.15, 0.2) is 0 Å². The molecule has 0 aliphatic rings. The van der Waals surface area contributed by atoms with Gasteiger partial charge in [-0.1, -0.05) is 13.8 Å². The lowest BCUT2D eigenvalue weighted by Gasteiger charge is -2.13. The van der Waals surface area contributed by atoms with E-state index < -0.39 is 16.6 Å². The highest BCUT2D eigenvalue weighted by Crippen LogP contribution is 2.23. The zero-order valence-electron chi connectivity index (χ0n) is 15.8. The zero-order chi connectivity index (χ0) is 20.7. The van der Waals surface area contributed by atoms with Gasteiger partial charge in [0.25, 0.3) is 10.0 Å². The predicted octanol–water partition coefficient (Wildman–Crippen LogP) is 3.17. The van der Waals surface area contributed by atoms with Crippen LogP contribution >= 0.6 is 0 Å². The monoisotopic (exact) mass is 415 g/mol. The number of aromatic nitrogens is 1. The lowest BCUT2D eigenvalue weighted by Crippen LogP contribution is -2.27. The lowest BCUT2D eigenvalue weighted by atomic mass is 10.3. The first kappa shape index (κ1) is 21.8. The average molecular weight is 415 g/mol. The smallest absolute Gasteiger partial charge is 0.387 e. The Morgan fingerprint density at radius 1 is 1.11 bits per heavy atom. The standard InChI is InChI=1S/C18H23F2N3O4S/c1-12(2)21-10-11-26-17-9-8-16(13(3)22-17)23-28(24,25)15-6-4-14(5-7-15)27-18(19)20/h4-9,12,18,21,23H,10-11H2,1-3H3. The molecule has 2 rings (SSSR count). The number of halogens is 2. The number of benzene rings is 1. The number of rotatable bonds is 10. The summed E-state index contributed by atoms with van der Waals surface area (Å²) in [6.07, 6.45) is 0. The van der Waals surface area contributed by atoms with E-state index in [-0.39, 0.29) is 10.6 Å². The van der Waals surface area contributed by atoms with Crippen LogP contribution in [0, 0.1) is 6.92 Å². The summed E-state index contributed by atoms with van der Waals surface area (Å²) in [5, 5.41) is 3.21. The van der Waals surface area contributed by atoms with Gasteiger partial charge in [-0.05, 0) is 37.3 Å². The molecule has 2 aromatic rings. The molecule has 1 aromatic carbocycles. The fraction of sp³-hybridized carbons (Fsp3) is 0.389. The molecule has 28 heavy (non-hydrogen) atoms. The summed E-state index contributed by atoms with van der Waals surface area (Å²) < 4.78 is 61.5. The Kier molecular flexibility index (Phi) is 7.53. The maximum atomic E-state index is 12.5. The molecule has 10 heteroatoms. The Hall–Kier alpha value is -2.46. The Morgan fingerprint density at radius 3 is 2.36 bits per heavy atom. The van der Waals surface area contributed by atoms with E-state index in [1.807, 2.05) is 13.8 Å². The Labute approximate surface area is 163 Å². The molecule has 1 aromatic heterocycles. The molecule has 2 N–H and O–H groups in total. The largest absolute Gasteiger partial charge is 0.476 e.